The van der Waals surface area contributed by atoms with Crippen molar-refractivity contribution in [1.82, 2.24) is 14.7 Å². The van der Waals surface area contributed by atoms with Crippen molar-refractivity contribution in [2.24, 2.45) is 0 Å². The van der Waals surface area contributed by atoms with Gasteiger partial charge in [-0.2, -0.15) is 0 Å². The van der Waals surface area contributed by atoms with E-state index in [9.17, 15) is 4.21 Å². The minimum Gasteiger partial charge on any atom is -0.497 e. The molecule has 0 aliphatic carbocycles. The van der Waals surface area contributed by atoms with Crippen LogP contribution in [0.4, 0.5) is 11.5 Å². The summed E-state index contributed by atoms with van der Waals surface area (Å²) >= 11 is 0. The normalized spacial score (nSPS) is 13.4. The first-order valence-corrected chi connectivity index (χ1v) is 8.72. The number of nitrogens with one attached hydrogen (secondary N) is 3. The van der Waals surface area contributed by atoms with E-state index in [4.69, 9.17) is 9.52 Å². The van der Waals surface area contributed by atoms with Crippen molar-refractivity contribution < 1.29 is 8.95 Å². The molecule has 3 aromatic rings. The maximum absolute atomic E-state index is 12.0. The fourth-order valence-corrected chi connectivity index (χ4v) is 3.00. The zero-order valence-electron chi connectivity index (χ0n) is 13.2. The molecular weight excluding hydrogens is 326 g/mol. The average molecular weight is 343 g/mol. The second kappa shape index (κ2) is 6.42. The van der Waals surface area contributed by atoms with Gasteiger partial charge in [-0.15, -0.1) is 0 Å². The molecule has 0 saturated carbocycles. The second-order valence-corrected chi connectivity index (χ2v) is 7.01. The van der Waals surface area contributed by atoms with E-state index < -0.39 is 9.92 Å². The zero-order chi connectivity index (χ0) is 17.2. The maximum atomic E-state index is 12.0. The van der Waals surface area contributed by atoms with Crippen molar-refractivity contribution in [3.63, 3.8) is 0 Å². The van der Waals surface area contributed by atoms with Crippen LogP contribution in [0.15, 0.2) is 53.7 Å². The number of ether oxygens (including phenoxy) is 1. The SMILES string of the molecule is CN[S@](=N)(=O)c1ccc(Nc2ncnc3cc(OC)ccc23)cc1. The number of methoxy groups -OCH3 is 1. The first-order chi connectivity index (χ1) is 11.5. The molecule has 124 valence electrons. The van der Waals surface area contributed by atoms with Crippen molar-refractivity contribution >= 4 is 32.3 Å². The van der Waals surface area contributed by atoms with Gasteiger partial charge in [0.2, 0.25) is 0 Å². The highest BCUT2D eigenvalue weighted by Crippen LogP contribution is 2.26. The van der Waals surface area contributed by atoms with Gasteiger partial charge < -0.3 is 10.1 Å². The summed E-state index contributed by atoms with van der Waals surface area (Å²) in [6.45, 7) is 0. The second-order valence-electron chi connectivity index (χ2n) is 5.02. The molecule has 0 saturated heterocycles. The molecule has 0 unspecified atom stereocenters. The van der Waals surface area contributed by atoms with Gasteiger partial charge in [-0.25, -0.2) is 23.7 Å². The molecule has 2 aromatic carbocycles. The van der Waals surface area contributed by atoms with E-state index in [-0.39, 0.29) is 0 Å². The lowest BCUT2D eigenvalue weighted by atomic mass is 10.2. The molecule has 7 nitrogen and oxygen atoms in total. The van der Waals surface area contributed by atoms with Gasteiger partial charge in [-0.05, 0) is 43.4 Å². The van der Waals surface area contributed by atoms with E-state index in [1.165, 1.54) is 13.4 Å². The fraction of sp³-hybridized carbons (Fsp3) is 0.125. The number of aromatic nitrogens is 2. The van der Waals surface area contributed by atoms with Crippen LogP contribution in [0.1, 0.15) is 0 Å². The predicted octanol–water partition coefficient (Wildman–Crippen LogP) is 2.92. The highest BCUT2D eigenvalue weighted by atomic mass is 32.2. The van der Waals surface area contributed by atoms with Crippen LogP contribution in [0, 0.1) is 4.78 Å². The molecule has 0 bridgehead atoms. The Morgan fingerprint density at radius 2 is 1.88 bits per heavy atom. The smallest absolute Gasteiger partial charge is 0.141 e. The quantitative estimate of drug-likeness (QED) is 0.661. The van der Waals surface area contributed by atoms with E-state index in [1.807, 2.05) is 18.2 Å². The number of hydrogen-bond donors (Lipinski definition) is 3. The maximum Gasteiger partial charge on any atom is 0.141 e. The Balaban J connectivity index is 1.93. The molecule has 1 heterocycles. The van der Waals surface area contributed by atoms with E-state index >= 15 is 0 Å². The minimum absolute atomic E-state index is 0.424. The van der Waals surface area contributed by atoms with Crippen molar-refractivity contribution in [2.75, 3.05) is 19.5 Å². The molecule has 0 amide bonds. The Bertz CT molecular complexity index is 971. The van der Waals surface area contributed by atoms with Crippen molar-refractivity contribution in [3.8, 4) is 5.75 Å². The summed E-state index contributed by atoms with van der Waals surface area (Å²) in [6.07, 6.45) is 1.48. The Morgan fingerprint density at radius 3 is 2.54 bits per heavy atom. The Morgan fingerprint density at radius 1 is 1.12 bits per heavy atom. The molecule has 3 rings (SSSR count). The standard InChI is InChI=1S/C16H17N5O2S/c1-18-24(17,22)13-6-3-11(4-7-13)21-16-14-8-5-12(23-2)9-15(14)19-10-20-16/h3-10H,1-2H3,(H2,17,18,22)(H,19,20,21)/t24-/m0/s1. The molecular formula is C16H17N5O2S. The van der Waals surface area contributed by atoms with Crippen molar-refractivity contribution in [1.29, 1.82) is 4.78 Å². The van der Waals surface area contributed by atoms with Gasteiger partial charge in [0.1, 0.15) is 27.8 Å². The van der Waals surface area contributed by atoms with E-state index in [0.717, 1.165) is 22.3 Å². The van der Waals surface area contributed by atoms with Crippen LogP contribution in [0.2, 0.25) is 0 Å². The first-order valence-electron chi connectivity index (χ1n) is 7.16. The predicted molar refractivity (Wildman–Crippen MR) is 94.0 cm³/mol. The van der Waals surface area contributed by atoms with Crippen LogP contribution in [0.5, 0.6) is 5.75 Å². The summed E-state index contributed by atoms with van der Waals surface area (Å²) in [7, 11) is 0.165. The average Bonchev–Trinajstić information content (AvgIpc) is 2.62. The monoisotopic (exact) mass is 343 g/mol. The molecule has 0 aliphatic heterocycles. The van der Waals surface area contributed by atoms with Crippen molar-refractivity contribution in [3.05, 3.63) is 48.8 Å². The summed E-state index contributed by atoms with van der Waals surface area (Å²) < 4.78 is 27.4. The summed E-state index contributed by atoms with van der Waals surface area (Å²) in [4.78, 5) is 8.95. The highest BCUT2D eigenvalue weighted by Gasteiger charge is 2.08. The third-order valence-corrected chi connectivity index (χ3v) is 5.09. The zero-order valence-corrected chi connectivity index (χ0v) is 14.1. The Kier molecular flexibility index (Phi) is 4.32. The van der Waals surface area contributed by atoms with E-state index in [2.05, 4.69) is 20.0 Å². The van der Waals surface area contributed by atoms with Gasteiger partial charge in [-0.3, -0.25) is 0 Å². The van der Waals surface area contributed by atoms with Crippen LogP contribution in [-0.4, -0.2) is 28.3 Å². The first kappa shape index (κ1) is 16.2. The van der Waals surface area contributed by atoms with Gasteiger partial charge in [0.25, 0.3) is 0 Å². The summed E-state index contributed by atoms with van der Waals surface area (Å²) in [6, 6.07) is 12.4. The number of nitrogens with zero attached hydrogens (tertiary/aromatic N) is 2. The molecule has 0 radical (unpaired) electrons. The number of anilines is 2. The molecule has 0 fully saturated rings. The third-order valence-electron chi connectivity index (χ3n) is 3.58. The van der Waals surface area contributed by atoms with E-state index in [0.29, 0.717) is 10.7 Å². The number of fused-ring (bicyclic) bond motifs is 1. The van der Waals surface area contributed by atoms with E-state index in [1.54, 1.807) is 31.4 Å². The number of benzene rings is 2. The summed E-state index contributed by atoms with van der Waals surface area (Å²) in [5, 5.41) is 4.08. The van der Waals surface area contributed by atoms with Crippen LogP contribution in [0.3, 0.4) is 0 Å². The number of rotatable bonds is 5. The molecule has 24 heavy (non-hydrogen) atoms. The Hall–Kier alpha value is -2.71. The van der Waals surface area contributed by atoms with Gasteiger partial charge in [-0.1, -0.05) is 0 Å². The molecule has 8 heteroatoms. The van der Waals surface area contributed by atoms with Crippen LogP contribution in [0.25, 0.3) is 10.9 Å². The van der Waals surface area contributed by atoms with Crippen LogP contribution in [-0.2, 0) is 9.92 Å². The molecule has 0 aliphatic rings. The van der Waals surface area contributed by atoms with Gasteiger partial charge >= 0.3 is 0 Å². The summed E-state index contributed by atoms with van der Waals surface area (Å²) in [5.41, 5.74) is 1.55. The lowest BCUT2D eigenvalue weighted by Crippen LogP contribution is -2.16. The largest absolute Gasteiger partial charge is 0.497 e. The molecule has 1 atom stereocenters. The topological polar surface area (TPSA) is 100.0 Å². The van der Waals surface area contributed by atoms with Gasteiger partial charge in [0.05, 0.1) is 17.5 Å². The van der Waals surface area contributed by atoms with Gasteiger partial charge in [0, 0.05) is 17.1 Å². The number of hydrogen-bond acceptors (Lipinski definition) is 6. The van der Waals surface area contributed by atoms with Gasteiger partial charge in [0.15, 0.2) is 0 Å². The Labute approximate surface area is 140 Å². The lowest BCUT2D eigenvalue weighted by molar-refractivity contribution is 0.415. The van der Waals surface area contributed by atoms with Crippen LogP contribution >= 0.6 is 0 Å². The molecule has 0 spiro atoms. The van der Waals surface area contributed by atoms with Crippen molar-refractivity contribution in [2.45, 2.75) is 4.90 Å². The lowest BCUT2D eigenvalue weighted by Gasteiger charge is -2.10. The fourth-order valence-electron chi connectivity index (χ4n) is 2.25. The van der Waals surface area contributed by atoms with Crippen LogP contribution < -0.4 is 14.8 Å². The minimum atomic E-state index is -2.95. The summed E-state index contributed by atoms with van der Waals surface area (Å²) in [5.74, 6) is 1.39. The third kappa shape index (κ3) is 3.15. The highest BCUT2D eigenvalue weighted by molar-refractivity contribution is 7.90. The molecule has 3 N–H and O–H groups in total. The molecule has 1 aromatic heterocycles.